The number of aliphatic imine (C=N–C) groups is 1. The Morgan fingerprint density at radius 2 is 2.03 bits per heavy atom. The van der Waals surface area contributed by atoms with E-state index in [2.05, 4.69) is 48.3 Å². The number of hydrogen-bond donors (Lipinski definition) is 1. The molecule has 4 nitrogen and oxygen atoms in total. The van der Waals surface area contributed by atoms with Crippen molar-refractivity contribution in [3.63, 3.8) is 0 Å². The minimum atomic E-state index is -0.00233. The van der Waals surface area contributed by atoms with E-state index in [4.69, 9.17) is 4.99 Å². The van der Waals surface area contributed by atoms with Crippen LogP contribution in [0.5, 0.6) is 0 Å². The standard InChI is InChI=1S/C27H35N3OS/c1-3-10-23-22-12-5-6-13-25(22)32-26-15-14-20(19-24(26)29-23)27(31)28-16-9-18-30-17-8-7-11-21(30)4-2/h5-6,12-15,19,21H,3-4,7-11,16-18H2,1-2H3,(H,28,31)/t21-/m0/s1. The first kappa shape index (κ1) is 23.1. The van der Waals surface area contributed by atoms with Crippen molar-refractivity contribution in [3.8, 4) is 0 Å². The van der Waals surface area contributed by atoms with Crippen LogP contribution in [-0.2, 0) is 0 Å². The maximum absolute atomic E-state index is 12.8. The summed E-state index contributed by atoms with van der Waals surface area (Å²) >= 11 is 1.74. The molecule has 0 spiro atoms. The van der Waals surface area contributed by atoms with Gasteiger partial charge in [-0.15, -0.1) is 0 Å². The SMILES string of the molecule is CCCC1=Nc2cc(C(=O)NCCCN3CCCC[C@@H]3CC)ccc2Sc2ccccc21. The van der Waals surface area contributed by atoms with Crippen molar-refractivity contribution in [2.24, 2.45) is 4.99 Å². The van der Waals surface area contributed by atoms with Gasteiger partial charge in [0.15, 0.2) is 0 Å². The van der Waals surface area contributed by atoms with Gasteiger partial charge < -0.3 is 10.2 Å². The van der Waals surface area contributed by atoms with Gasteiger partial charge in [0.05, 0.1) is 5.69 Å². The third kappa shape index (κ3) is 5.44. The third-order valence-electron chi connectivity index (χ3n) is 6.51. The summed E-state index contributed by atoms with van der Waals surface area (Å²) in [6, 6.07) is 15.1. The molecule has 2 aliphatic rings. The number of nitrogens with one attached hydrogen (secondary N) is 1. The van der Waals surface area contributed by atoms with Crippen LogP contribution in [0.3, 0.4) is 0 Å². The van der Waals surface area contributed by atoms with Gasteiger partial charge in [-0.1, -0.05) is 56.7 Å². The van der Waals surface area contributed by atoms with Gasteiger partial charge in [-0.05, 0) is 62.9 Å². The maximum Gasteiger partial charge on any atom is 0.251 e. The molecule has 4 rings (SSSR count). The molecule has 1 amide bonds. The molecule has 0 bridgehead atoms. The Morgan fingerprint density at radius 3 is 2.88 bits per heavy atom. The number of benzene rings is 2. The fourth-order valence-electron chi connectivity index (χ4n) is 4.78. The number of fused-ring (bicyclic) bond motifs is 2. The van der Waals surface area contributed by atoms with Crippen LogP contribution in [0, 0.1) is 0 Å². The fourth-order valence-corrected chi connectivity index (χ4v) is 5.81. The number of nitrogens with zero attached hydrogens (tertiary/aromatic N) is 2. The molecule has 2 aromatic rings. The molecule has 0 unspecified atom stereocenters. The Balaban J connectivity index is 1.40. The largest absolute Gasteiger partial charge is 0.352 e. The monoisotopic (exact) mass is 449 g/mol. The van der Waals surface area contributed by atoms with Crippen LogP contribution < -0.4 is 5.32 Å². The van der Waals surface area contributed by atoms with Crippen molar-refractivity contribution in [3.05, 3.63) is 53.6 Å². The van der Waals surface area contributed by atoms with Gasteiger partial charge >= 0.3 is 0 Å². The minimum Gasteiger partial charge on any atom is -0.352 e. The molecule has 2 aliphatic heterocycles. The number of amides is 1. The van der Waals surface area contributed by atoms with E-state index in [-0.39, 0.29) is 5.91 Å². The van der Waals surface area contributed by atoms with Crippen LogP contribution in [0.1, 0.15) is 74.7 Å². The minimum absolute atomic E-state index is 0.00233. The van der Waals surface area contributed by atoms with Crippen LogP contribution in [-0.4, -0.2) is 42.2 Å². The van der Waals surface area contributed by atoms with Gasteiger partial charge in [0.1, 0.15) is 0 Å². The first-order valence-corrected chi connectivity index (χ1v) is 13.0. The highest BCUT2D eigenvalue weighted by Crippen LogP contribution is 2.41. The van der Waals surface area contributed by atoms with E-state index < -0.39 is 0 Å². The Morgan fingerprint density at radius 1 is 1.16 bits per heavy atom. The van der Waals surface area contributed by atoms with Crippen LogP contribution in [0.15, 0.2) is 57.2 Å². The molecule has 32 heavy (non-hydrogen) atoms. The quantitative estimate of drug-likeness (QED) is 0.471. The second kappa shape index (κ2) is 11.2. The van der Waals surface area contributed by atoms with E-state index >= 15 is 0 Å². The number of hydrogen-bond acceptors (Lipinski definition) is 4. The molecule has 1 atom stereocenters. The van der Waals surface area contributed by atoms with E-state index in [1.165, 1.54) is 42.7 Å². The number of piperidine rings is 1. The number of rotatable bonds is 8. The predicted molar refractivity (Wildman–Crippen MR) is 135 cm³/mol. The van der Waals surface area contributed by atoms with Crippen LogP contribution >= 0.6 is 11.8 Å². The lowest BCUT2D eigenvalue weighted by Crippen LogP contribution is -2.40. The topological polar surface area (TPSA) is 44.7 Å². The van der Waals surface area contributed by atoms with E-state index in [9.17, 15) is 4.79 Å². The Bertz CT molecular complexity index is 971. The molecule has 2 aromatic carbocycles. The molecule has 0 aliphatic carbocycles. The van der Waals surface area contributed by atoms with Crippen molar-refractivity contribution >= 4 is 29.1 Å². The zero-order chi connectivity index (χ0) is 22.3. The molecule has 0 aromatic heterocycles. The summed E-state index contributed by atoms with van der Waals surface area (Å²) in [5, 5.41) is 3.13. The Labute approximate surface area is 196 Å². The molecular formula is C27H35N3OS. The number of likely N-dealkylation sites (tertiary alicyclic amines) is 1. The van der Waals surface area contributed by atoms with Crippen molar-refractivity contribution in [2.45, 2.75) is 74.6 Å². The molecule has 2 heterocycles. The number of carbonyl (C=O) groups is 1. The first-order valence-electron chi connectivity index (χ1n) is 12.2. The van der Waals surface area contributed by atoms with E-state index in [0.717, 1.165) is 48.1 Å². The van der Waals surface area contributed by atoms with Crippen LogP contribution in [0.4, 0.5) is 5.69 Å². The predicted octanol–water partition coefficient (Wildman–Crippen LogP) is 6.46. The molecule has 0 saturated carbocycles. The van der Waals surface area contributed by atoms with E-state index in [1.54, 1.807) is 11.8 Å². The highest BCUT2D eigenvalue weighted by atomic mass is 32.2. The highest BCUT2D eigenvalue weighted by molar-refractivity contribution is 7.99. The molecule has 0 radical (unpaired) electrons. The zero-order valence-electron chi connectivity index (χ0n) is 19.4. The molecule has 1 saturated heterocycles. The van der Waals surface area contributed by atoms with E-state index in [1.807, 2.05) is 18.2 Å². The van der Waals surface area contributed by atoms with Gasteiger partial charge in [-0.25, -0.2) is 0 Å². The van der Waals surface area contributed by atoms with Crippen molar-refractivity contribution in [1.82, 2.24) is 10.2 Å². The lowest BCUT2D eigenvalue weighted by molar-refractivity contribution is 0.0947. The Kier molecular flexibility index (Phi) is 8.04. The van der Waals surface area contributed by atoms with Crippen molar-refractivity contribution in [1.29, 1.82) is 0 Å². The number of carbonyl (C=O) groups excluding carboxylic acids is 1. The van der Waals surface area contributed by atoms with Crippen LogP contribution in [0.2, 0.25) is 0 Å². The molecular weight excluding hydrogens is 414 g/mol. The summed E-state index contributed by atoms with van der Waals surface area (Å²) in [6.07, 6.45) is 8.18. The highest BCUT2D eigenvalue weighted by Gasteiger charge is 2.20. The van der Waals surface area contributed by atoms with Gasteiger partial charge in [-0.3, -0.25) is 9.79 Å². The van der Waals surface area contributed by atoms with Gasteiger partial charge in [-0.2, -0.15) is 0 Å². The molecule has 5 heteroatoms. The van der Waals surface area contributed by atoms with Crippen LogP contribution in [0.25, 0.3) is 0 Å². The normalized spacial score (nSPS) is 18.3. The maximum atomic E-state index is 12.8. The molecule has 170 valence electrons. The summed E-state index contributed by atoms with van der Waals surface area (Å²) in [5.41, 5.74) is 3.92. The summed E-state index contributed by atoms with van der Waals surface area (Å²) in [4.78, 5) is 22.8. The first-order chi connectivity index (χ1) is 15.7. The second-order valence-corrected chi connectivity index (χ2v) is 9.88. The van der Waals surface area contributed by atoms with Gasteiger partial charge in [0.25, 0.3) is 5.91 Å². The van der Waals surface area contributed by atoms with Gasteiger partial charge in [0, 0.05) is 45.8 Å². The average Bonchev–Trinajstić information content (AvgIpc) is 2.98. The fraction of sp³-hybridized carbons (Fsp3) is 0.481. The average molecular weight is 450 g/mol. The lowest BCUT2D eigenvalue weighted by Gasteiger charge is -2.35. The molecule has 1 fully saturated rings. The van der Waals surface area contributed by atoms with E-state index in [0.29, 0.717) is 12.1 Å². The smallest absolute Gasteiger partial charge is 0.251 e. The summed E-state index contributed by atoms with van der Waals surface area (Å²) in [5.74, 6) is -0.00233. The Hall–Kier alpha value is -2.11. The molecule has 1 N–H and O–H groups in total. The summed E-state index contributed by atoms with van der Waals surface area (Å²) in [7, 11) is 0. The van der Waals surface area contributed by atoms with Crippen molar-refractivity contribution in [2.75, 3.05) is 19.6 Å². The van der Waals surface area contributed by atoms with Gasteiger partial charge in [0.2, 0.25) is 0 Å². The third-order valence-corrected chi connectivity index (χ3v) is 7.65. The van der Waals surface area contributed by atoms with Crippen molar-refractivity contribution < 1.29 is 4.79 Å². The second-order valence-electron chi connectivity index (χ2n) is 8.79. The summed E-state index contributed by atoms with van der Waals surface area (Å²) in [6.45, 7) is 7.46. The lowest BCUT2D eigenvalue weighted by atomic mass is 10.00. The zero-order valence-corrected chi connectivity index (χ0v) is 20.2. The summed E-state index contributed by atoms with van der Waals surface area (Å²) < 4.78 is 0.